The molecule has 38 heavy (non-hydrogen) atoms. The fraction of sp³-hybridized carbons (Fsp3) is 0.357. The lowest BCUT2D eigenvalue weighted by Crippen LogP contribution is -2.44. The zero-order valence-corrected chi connectivity index (χ0v) is 22.6. The normalized spacial score (nSPS) is 13.7. The summed E-state index contributed by atoms with van der Waals surface area (Å²) in [6.45, 7) is 4.78. The van der Waals surface area contributed by atoms with Crippen LogP contribution in [0.25, 0.3) is 22.3 Å². The molecule has 1 fully saturated rings. The number of hydrogen-bond donors (Lipinski definition) is 2. The minimum absolute atomic E-state index is 0.0809. The van der Waals surface area contributed by atoms with Crippen molar-refractivity contribution in [2.45, 2.75) is 6.61 Å². The number of carbonyl (C=O) groups excluding carboxylic acids is 1. The number of methoxy groups -OCH3 is 1. The predicted molar refractivity (Wildman–Crippen MR) is 150 cm³/mol. The minimum atomic E-state index is -0.502. The quantitative estimate of drug-likeness (QED) is 0.376. The van der Waals surface area contributed by atoms with Crippen molar-refractivity contribution >= 4 is 29.4 Å². The standard InChI is InChI=1S/C28H33ClFN5O3/c1-33(2)10-11-35(18-36)26-5-4-19(12-24(26)29)22-14-21(30)15-23(28(22)37)20-13-27(25(17-38-3)32-16-20)34-8-6-31-7-9-34/h4-5,12-16,18,31,37H,6-11,17H2,1-3H3. The molecule has 0 atom stereocenters. The van der Waals surface area contributed by atoms with E-state index in [1.54, 1.807) is 31.5 Å². The lowest BCUT2D eigenvalue weighted by Gasteiger charge is -2.31. The lowest BCUT2D eigenvalue weighted by atomic mass is 9.97. The average molecular weight is 542 g/mol. The summed E-state index contributed by atoms with van der Waals surface area (Å²) in [7, 11) is 5.46. The molecule has 0 radical (unpaired) electrons. The van der Waals surface area contributed by atoms with E-state index in [4.69, 9.17) is 16.3 Å². The molecular weight excluding hydrogens is 509 g/mol. The highest BCUT2D eigenvalue weighted by Gasteiger charge is 2.20. The highest BCUT2D eigenvalue weighted by atomic mass is 35.5. The summed E-state index contributed by atoms with van der Waals surface area (Å²) in [6, 6.07) is 9.56. The number of phenols is 1. The summed E-state index contributed by atoms with van der Waals surface area (Å²) in [4.78, 5) is 22.0. The van der Waals surface area contributed by atoms with Crippen molar-refractivity contribution in [2.75, 3.05) is 70.3 Å². The monoisotopic (exact) mass is 541 g/mol. The third-order valence-electron chi connectivity index (χ3n) is 6.56. The van der Waals surface area contributed by atoms with Gasteiger partial charge >= 0.3 is 0 Å². The molecule has 1 amide bonds. The second kappa shape index (κ2) is 12.5. The van der Waals surface area contributed by atoms with E-state index in [1.807, 2.05) is 25.1 Å². The molecule has 1 aliphatic rings. The van der Waals surface area contributed by atoms with Crippen LogP contribution in [0.1, 0.15) is 5.69 Å². The number of carbonyl (C=O) groups is 1. The number of phenolic OH excluding ortho intramolecular Hbond substituents is 1. The highest BCUT2D eigenvalue weighted by Crippen LogP contribution is 2.42. The molecule has 202 valence electrons. The fourth-order valence-electron chi connectivity index (χ4n) is 4.54. The van der Waals surface area contributed by atoms with Crippen LogP contribution in [0, 0.1) is 5.82 Å². The third kappa shape index (κ3) is 6.24. The van der Waals surface area contributed by atoms with Crippen LogP contribution in [0.15, 0.2) is 42.6 Å². The Labute approximate surface area is 227 Å². The van der Waals surface area contributed by atoms with Gasteiger partial charge in [0.15, 0.2) is 0 Å². The van der Waals surface area contributed by atoms with Gasteiger partial charge in [-0.25, -0.2) is 4.39 Å². The number of amides is 1. The van der Waals surface area contributed by atoms with E-state index in [2.05, 4.69) is 15.2 Å². The number of rotatable bonds is 10. The van der Waals surface area contributed by atoms with Crippen LogP contribution in [-0.2, 0) is 16.1 Å². The van der Waals surface area contributed by atoms with Crippen molar-refractivity contribution in [3.05, 3.63) is 59.1 Å². The summed E-state index contributed by atoms with van der Waals surface area (Å²) >= 11 is 6.55. The molecule has 0 saturated carbocycles. The molecule has 1 aromatic heterocycles. The van der Waals surface area contributed by atoms with Gasteiger partial charge in [0.05, 0.1) is 28.7 Å². The topological polar surface area (TPSA) is 81.2 Å². The summed E-state index contributed by atoms with van der Waals surface area (Å²) < 4.78 is 20.3. The van der Waals surface area contributed by atoms with E-state index >= 15 is 0 Å². The van der Waals surface area contributed by atoms with Crippen molar-refractivity contribution in [3.8, 4) is 28.0 Å². The number of aromatic nitrogens is 1. The number of piperazine rings is 1. The van der Waals surface area contributed by atoms with E-state index < -0.39 is 5.82 Å². The number of halogens is 2. The van der Waals surface area contributed by atoms with Gasteiger partial charge in [-0.1, -0.05) is 17.7 Å². The lowest BCUT2D eigenvalue weighted by molar-refractivity contribution is -0.107. The molecule has 2 heterocycles. The number of pyridine rings is 1. The smallest absolute Gasteiger partial charge is 0.214 e. The molecule has 2 N–H and O–H groups in total. The molecule has 0 aliphatic carbocycles. The van der Waals surface area contributed by atoms with Crippen molar-refractivity contribution < 1.29 is 19.0 Å². The molecule has 4 rings (SSSR count). The first kappa shape index (κ1) is 27.8. The number of nitrogens with one attached hydrogen (secondary N) is 1. The second-order valence-corrected chi connectivity index (χ2v) is 9.88. The number of likely N-dealkylation sites (N-methyl/N-ethyl adjacent to an activating group) is 1. The Morgan fingerprint density at radius 3 is 2.47 bits per heavy atom. The van der Waals surface area contributed by atoms with E-state index in [1.165, 1.54) is 17.0 Å². The van der Waals surface area contributed by atoms with E-state index in [0.29, 0.717) is 52.7 Å². The van der Waals surface area contributed by atoms with Crippen LogP contribution >= 0.6 is 11.6 Å². The van der Waals surface area contributed by atoms with Crippen LogP contribution in [0.4, 0.5) is 15.8 Å². The molecule has 1 aliphatic heterocycles. The largest absolute Gasteiger partial charge is 0.507 e. The second-order valence-electron chi connectivity index (χ2n) is 9.48. The SMILES string of the molecule is COCc1ncc(-c2cc(F)cc(-c3ccc(N(C=O)CCN(C)C)c(Cl)c3)c2O)cc1N1CCNCC1. The Morgan fingerprint density at radius 1 is 1.13 bits per heavy atom. The number of benzene rings is 2. The molecule has 8 nitrogen and oxygen atoms in total. The fourth-order valence-corrected chi connectivity index (χ4v) is 4.83. The number of ether oxygens (including phenoxy) is 1. The van der Waals surface area contributed by atoms with Crippen LogP contribution < -0.4 is 15.1 Å². The Kier molecular flexibility index (Phi) is 9.17. The number of hydrogen-bond acceptors (Lipinski definition) is 7. The van der Waals surface area contributed by atoms with E-state index in [-0.39, 0.29) is 5.75 Å². The van der Waals surface area contributed by atoms with Crippen molar-refractivity contribution in [1.29, 1.82) is 0 Å². The molecule has 3 aromatic rings. The van der Waals surface area contributed by atoms with Crippen LogP contribution in [0.3, 0.4) is 0 Å². The number of aromatic hydroxyl groups is 1. The van der Waals surface area contributed by atoms with Gasteiger partial charge in [0, 0.05) is 69.3 Å². The van der Waals surface area contributed by atoms with Gasteiger partial charge in [-0.3, -0.25) is 9.78 Å². The Morgan fingerprint density at radius 2 is 1.84 bits per heavy atom. The summed E-state index contributed by atoms with van der Waals surface area (Å²) in [5.74, 6) is -0.583. The van der Waals surface area contributed by atoms with E-state index in [9.17, 15) is 14.3 Å². The van der Waals surface area contributed by atoms with Crippen molar-refractivity contribution in [1.82, 2.24) is 15.2 Å². The minimum Gasteiger partial charge on any atom is -0.507 e. The molecular formula is C28H33ClFN5O3. The highest BCUT2D eigenvalue weighted by molar-refractivity contribution is 6.34. The summed E-state index contributed by atoms with van der Waals surface area (Å²) in [5.41, 5.74) is 3.97. The zero-order chi connectivity index (χ0) is 27.2. The van der Waals surface area contributed by atoms with Gasteiger partial charge in [0.2, 0.25) is 6.41 Å². The molecule has 0 unspecified atom stereocenters. The molecule has 10 heteroatoms. The third-order valence-corrected chi connectivity index (χ3v) is 6.86. The molecule has 0 bridgehead atoms. The molecule has 0 spiro atoms. The predicted octanol–water partition coefficient (Wildman–Crippen LogP) is 3.99. The average Bonchev–Trinajstić information content (AvgIpc) is 2.91. The van der Waals surface area contributed by atoms with Crippen molar-refractivity contribution in [2.24, 2.45) is 0 Å². The Balaban J connectivity index is 1.72. The summed E-state index contributed by atoms with van der Waals surface area (Å²) in [6.07, 6.45) is 2.36. The Bertz CT molecular complexity index is 1280. The van der Waals surface area contributed by atoms with Gasteiger partial charge in [0.25, 0.3) is 0 Å². The van der Waals surface area contributed by atoms with Crippen molar-refractivity contribution in [3.63, 3.8) is 0 Å². The first-order chi connectivity index (χ1) is 18.3. The maximum absolute atomic E-state index is 14.9. The van der Waals surface area contributed by atoms with Crippen LogP contribution in [0.2, 0.25) is 5.02 Å². The molecule has 1 saturated heterocycles. The first-order valence-electron chi connectivity index (χ1n) is 12.5. The van der Waals surface area contributed by atoms with Gasteiger partial charge < -0.3 is 29.9 Å². The van der Waals surface area contributed by atoms with E-state index in [0.717, 1.165) is 44.0 Å². The van der Waals surface area contributed by atoms with Gasteiger partial charge in [0.1, 0.15) is 11.6 Å². The zero-order valence-electron chi connectivity index (χ0n) is 21.9. The summed E-state index contributed by atoms with van der Waals surface area (Å²) in [5, 5.41) is 15.0. The first-order valence-corrected chi connectivity index (χ1v) is 12.8. The van der Waals surface area contributed by atoms with Gasteiger partial charge in [-0.05, 0) is 50.0 Å². The van der Waals surface area contributed by atoms with Gasteiger partial charge in [-0.15, -0.1) is 0 Å². The molecule has 2 aromatic carbocycles. The van der Waals surface area contributed by atoms with Crippen LogP contribution in [0.5, 0.6) is 5.75 Å². The van der Waals surface area contributed by atoms with Crippen LogP contribution in [-0.4, -0.2) is 81.9 Å². The maximum atomic E-state index is 14.9. The Hall–Kier alpha value is -3.24. The maximum Gasteiger partial charge on any atom is 0.214 e. The van der Waals surface area contributed by atoms with Gasteiger partial charge in [-0.2, -0.15) is 0 Å². The number of anilines is 2. The number of nitrogens with zero attached hydrogens (tertiary/aromatic N) is 4.